The summed E-state index contributed by atoms with van der Waals surface area (Å²) >= 11 is 0. The Balaban J connectivity index is 1.59. The van der Waals surface area contributed by atoms with Crippen molar-refractivity contribution in [3.8, 4) is 0 Å². The molecule has 2 fully saturated rings. The second-order valence-electron chi connectivity index (χ2n) is 5.87. The highest BCUT2D eigenvalue weighted by Gasteiger charge is 2.31. The lowest BCUT2D eigenvalue weighted by atomic mass is 9.94. The molecule has 0 spiro atoms. The molecule has 2 rings (SSSR count). The van der Waals surface area contributed by atoms with Crippen molar-refractivity contribution in [1.82, 2.24) is 5.32 Å². The number of ether oxygens (including phenoxy) is 1. The van der Waals surface area contributed by atoms with E-state index in [1.54, 1.807) is 0 Å². The summed E-state index contributed by atoms with van der Waals surface area (Å²) in [5.74, 6) is 0.107. The topological polar surface area (TPSA) is 64.4 Å². The van der Waals surface area contributed by atoms with E-state index in [-0.39, 0.29) is 11.4 Å². The lowest BCUT2D eigenvalue weighted by Crippen LogP contribution is -2.42. The van der Waals surface area contributed by atoms with Crippen LogP contribution in [0.3, 0.4) is 0 Å². The van der Waals surface area contributed by atoms with Crippen molar-refractivity contribution in [3.05, 3.63) is 0 Å². The van der Waals surface area contributed by atoms with Crippen LogP contribution in [0.2, 0.25) is 0 Å². The van der Waals surface area contributed by atoms with E-state index < -0.39 is 0 Å². The third-order valence-electron chi connectivity index (χ3n) is 4.17. The van der Waals surface area contributed by atoms with Crippen molar-refractivity contribution in [2.45, 2.75) is 69.4 Å². The smallest absolute Gasteiger partial charge is 0.221 e. The van der Waals surface area contributed by atoms with Gasteiger partial charge in [-0.25, -0.2) is 0 Å². The Hall–Kier alpha value is -0.610. The molecule has 1 aliphatic heterocycles. The van der Waals surface area contributed by atoms with Crippen LogP contribution >= 0.6 is 0 Å². The third-order valence-corrected chi connectivity index (χ3v) is 4.17. The number of hydrogen-bond acceptors (Lipinski definition) is 3. The summed E-state index contributed by atoms with van der Waals surface area (Å²) in [6.45, 7) is 1.60. The summed E-state index contributed by atoms with van der Waals surface area (Å²) in [7, 11) is 0. The van der Waals surface area contributed by atoms with Gasteiger partial charge in [0.25, 0.3) is 0 Å². The first kappa shape index (κ1) is 13.8. The zero-order valence-corrected chi connectivity index (χ0v) is 11.2. The van der Waals surface area contributed by atoms with Crippen LogP contribution in [0.5, 0.6) is 0 Å². The average Bonchev–Trinajstić information content (AvgIpc) is 2.77. The van der Waals surface area contributed by atoms with Crippen molar-refractivity contribution in [2.75, 3.05) is 13.2 Å². The summed E-state index contributed by atoms with van der Waals surface area (Å²) in [5, 5.41) is 2.98. The molecule has 0 radical (unpaired) electrons. The average molecular weight is 254 g/mol. The minimum Gasteiger partial charge on any atom is -0.378 e. The fraction of sp³-hybridized carbons (Fsp3) is 0.929. The van der Waals surface area contributed by atoms with E-state index in [1.165, 1.54) is 25.7 Å². The molecule has 0 aromatic rings. The predicted molar refractivity (Wildman–Crippen MR) is 71.2 cm³/mol. The minimum atomic E-state index is -0.231. The van der Waals surface area contributed by atoms with E-state index in [4.69, 9.17) is 10.5 Å². The van der Waals surface area contributed by atoms with Gasteiger partial charge in [-0.15, -0.1) is 0 Å². The van der Waals surface area contributed by atoms with Gasteiger partial charge in [0, 0.05) is 25.1 Å². The van der Waals surface area contributed by atoms with Crippen LogP contribution in [0, 0.1) is 0 Å². The van der Waals surface area contributed by atoms with E-state index in [9.17, 15) is 4.79 Å². The summed E-state index contributed by atoms with van der Waals surface area (Å²) in [6, 6.07) is 0. The maximum Gasteiger partial charge on any atom is 0.221 e. The Morgan fingerprint density at radius 2 is 2.06 bits per heavy atom. The summed E-state index contributed by atoms with van der Waals surface area (Å²) in [6.07, 6.45) is 9.65. The molecule has 1 amide bonds. The summed E-state index contributed by atoms with van der Waals surface area (Å²) in [5.41, 5.74) is 5.96. The van der Waals surface area contributed by atoms with Gasteiger partial charge >= 0.3 is 0 Å². The van der Waals surface area contributed by atoms with Gasteiger partial charge in [-0.05, 0) is 38.5 Å². The highest BCUT2D eigenvalue weighted by molar-refractivity contribution is 5.77. The largest absolute Gasteiger partial charge is 0.378 e. The number of carbonyl (C=O) groups excluding carboxylic acids is 1. The molecule has 0 aromatic heterocycles. The molecular formula is C14H26N2O2. The third kappa shape index (κ3) is 4.25. The SMILES string of the molecule is NC1(CC(=O)NCCC2CCCCO2)CCCC1. The maximum atomic E-state index is 11.8. The summed E-state index contributed by atoms with van der Waals surface area (Å²) < 4.78 is 5.64. The monoisotopic (exact) mass is 254 g/mol. The van der Waals surface area contributed by atoms with Crippen LogP contribution in [0.1, 0.15) is 57.8 Å². The first-order valence-corrected chi connectivity index (χ1v) is 7.35. The molecule has 4 nitrogen and oxygen atoms in total. The number of nitrogens with two attached hydrogens (primary N) is 1. The van der Waals surface area contributed by atoms with E-state index >= 15 is 0 Å². The molecule has 4 heteroatoms. The Kier molecular flexibility index (Phi) is 5.01. The van der Waals surface area contributed by atoms with E-state index in [0.717, 1.165) is 38.8 Å². The molecule has 104 valence electrons. The van der Waals surface area contributed by atoms with Gasteiger partial charge < -0.3 is 15.8 Å². The molecule has 3 N–H and O–H groups in total. The van der Waals surface area contributed by atoms with Crippen LogP contribution in [0.4, 0.5) is 0 Å². The number of carbonyl (C=O) groups is 1. The molecule has 2 aliphatic rings. The Bertz CT molecular complexity index is 269. The Morgan fingerprint density at radius 1 is 1.28 bits per heavy atom. The van der Waals surface area contributed by atoms with Crippen molar-refractivity contribution in [2.24, 2.45) is 5.73 Å². The molecular weight excluding hydrogens is 228 g/mol. The van der Waals surface area contributed by atoms with Crippen molar-refractivity contribution in [1.29, 1.82) is 0 Å². The lowest BCUT2D eigenvalue weighted by Gasteiger charge is -2.24. The maximum absolute atomic E-state index is 11.8. The molecule has 1 saturated carbocycles. The van der Waals surface area contributed by atoms with E-state index in [0.29, 0.717) is 12.5 Å². The number of amides is 1. The van der Waals surface area contributed by atoms with Crippen LogP contribution in [-0.4, -0.2) is 30.7 Å². The highest BCUT2D eigenvalue weighted by atomic mass is 16.5. The molecule has 0 bridgehead atoms. The highest BCUT2D eigenvalue weighted by Crippen LogP contribution is 2.29. The molecule has 0 aromatic carbocycles. The summed E-state index contributed by atoms with van der Waals surface area (Å²) in [4.78, 5) is 11.8. The minimum absolute atomic E-state index is 0.107. The second-order valence-corrected chi connectivity index (χ2v) is 5.87. The molecule has 1 aliphatic carbocycles. The second kappa shape index (κ2) is 6.53. The van der Waals surface area contributed by atoms with Gasteiger partial charge in [-0.2, -0.15) is 0 Å². The van der Waals surface area contributed by atoms with Crippen molar-refractivity contribution in [3.63, 3.8) is 0 Å². The first-order valence-electron chi connectivity index (χ1n) is 7.35. The van der Waals surface area contributed by atoms with E-state index in [1.807, 2.05) is 0 Å². The molecule has 1 heterocycles. The Morgan fingerprint density at radius 3 is 2.72 bits per heavy atom. The fourth-order valence-electron chi connectivity index (χ4n) is 3.05. The van der Waals surface area contributed by atoms with Crippen LogP contribution in [-0.2, 0) is 9.53 Å². The van der Waals surface area contributed by atoms with E-state index in [2.05, 4.69) is 5.32 Å². The van der Waals surface area contributed by atoms with Gasteiger partial charge in [0.2, 0.25) is 5.91 Å². The molecule has 1 saturated heterocycles. The van der Waals surface area contributed by atoms with Crippen LogP contribution in [0.15, 0.2) is 0 Å². The molecule has 1 unspecified atom stereocenters. The van der Waals surface area contributed by atoms with Crippen LogP contribution in [0.25, 0.3) is 0 Å². The van der Waals surface area contributed by atoms with Crippen molar-refractivity contribution < 1.29 is 9.53 Å². The molecule has 18 heavy (non-hydrogen) atoms. The molecule has 1 atom stereocenters. The normalized spacial score (nSPS) is 27.1. The van der Waals surface area contributed by atoms with Crippen molar-refractivity contribution >= 4 is 5.91 Å². The Labute approximate surface area is 110 Å². The van der Waals surface area contributed by atoms with Crippen LogP contribution < -0.4 is 11.1 Å². The van der Waals surface area contributed by atoms with Gasteiger partial charge in [0.15, 0.2) is 0 Å². The fourth-order valence-corrected chi connectivity index (χ4v) is 3.05. The van der Waals surface area contributed by atoms with Gasteiger partial charge in [-0.3, -0.25) is 4.79 Å². The number of hydrogen-bond donors (Lipinski definition) is 2. The number of nitrogens with one attached hydrogen (secondary N) is 1. The zero-order valence-electron chi connectivity index (χ0n) is 11.2. The van der Waals surface area contributed by atoms with Gasteiger partial charge in [0.05, 0.1) is 6.10 Å². The quantitative estimate of drug-likeness (QED) is 0.785. The van der Waals surface area contributed by atoms with Gasteiger partial charge in [-0.1, -0.05) is 12.8 Å². The van der Waals surface area contributed by atoms with Gasteiger partial charge in [0.1, 0.15) is 0 Å². The standard InChI is InChI=1S/C14H26N2O2/c15-14(7-2-3-8-14)11-13(17)16-9-6-12-5-1-4-10-18-12/h12H,1-11,15H2,(H,16,17). The first-order chi connectivity index (χ1) is 8.68. The predicted octanol–water partition coefficient (Wildman–Crippen LogP) is 1.72. The number of rotatable bonds is 5. The zero-order chi connectivity index (χ0) is 12.8. The lowest BCUT2D eigenvalue weighted by molar-refractivity contribution is -0.122.